The number of aryl methyl sites for hydroxylation is 1. The molecular formula is C40H57IN2O6. The van der Waals surface area contributed by atoms with Crippen LogP contribution in [-0.2, 0) is 24.4 Å². The molecule has 0 radical (unpaired) electrons. The predicted molar refractivity (Wildman–Crippen MR) is 190 cm³/mol. The maximum Gasteiger partial charge on any atom is 0.417 e. The van der Waals surface area contributed by atoms with Crippen LogP contribution in [0.2, 0.25) is 0 Å². The molecule has 0 spiro atoms. The number of imide groups is 1. The number of carbonyl (C=O) groups is 2. The quantitative estimate of drug-likeness (QED) is 0.0624. The zero-order valence-electron chi connectivity index (χ0n) is 30.1. The summed E-state index contributed by atoms with van der Waals surface area (Å²) >= 11 is 0. The molecule has 0 fully saturated rings. The number of rotatable bonds is 23. The summed E-state index contributed by atoms with van der Waals surface area (Å²) in [4.78, 5) is 28.4. The fourth-order valence-corrected chi connectivity index (χ4v) is 5.73. The number of halogens is 1. The molecule has 2 aromatic carbocycles. The van der Waals surface area contributed by atoms with E-state index in [2.05, 4.69) is 13.8 Å². The molecule has 8 nitrogen and oxygen atoms in total. The molecule has 0 aliphatic carbocycles. The maximum absolute atomic E-state index is 13.8. The Bertz CT molecular complexity index is 1380. The summed E-state index contributed by atoms with van der Waals surface area (Å²) in [6.45, 7) is 5.74. The van der Waals surface area contributed by atoms with E-state index in [9.17, 15) is 9.59 Å². The molecule has 2 amide bonds. The Balaban J connectivity index is 0.00000833. The van der Waals surface area contributed by atoms with E-state index in [1.807, 2.05) is 47.2 Å². The molecule has 3 rings (SSSR count). The highest BCUT2D eigenvalue weighted by Crippen LogP contribution is 2.29. The van der Waals surface area contributed by atoms with Crippen LogP contribution in [0.15, 0.2) is 66.9 Å². The molecule has 9 heteroatoms. The Hall–Kier alpha value is -3.34. The summed E-state index contributed by atoms with van der Waals surface area (Å²) in [5.41, 5.74) is 1.82. The van der Waals surface area contributed by atoms with Crippen molar-refractivity contribution in [2.24, 2.45) is 0 Å². The summed E-state index contributed by atoms with van der Waals surface area (Å²) < 4.78 is 24.8. The van der Waals surface area contributed by atoms with Crippen LogP contribution < -0.4 is 42.8 Å². The molecule has 0 unspecified atom stereocenters. The molecule has 0 atom stereocenters. The number of methoxy groups -OCH3 is 2. The van der Waals surface area contributed by atoms with E-state index in [0.29, 0.717) is 23.9 Å². The van der Waals surface area contributed by atoms with Gasteiger partial charge in [0.15, 0.2) is 17.7 Å². The number of aromatic nitrogens is 1. The van der Waals surface area contributed by atoms with Crippen molar-refractivity contribution < 1.29 is 57.1 Å². The molecule has 0 aliphatic rings. The van der Waals surface area contributed by atoms with Crippen LogP contribution in [-0.4, -0.2) is 37.7 Å². The fourth-order valence-electron chi connectivity index (χ4n) is 5.73. The number of hydrogen-bond donors (Lipinski definition) is 0. The third-order valence-electron chi connectivity index (χ3n) is 8.47. The number of ether oxygens (including phenoxy) is 4. The van der Waals surface area contributed by atoms with Gasteiger partial charge in [-0.1, -0.05) is 109 Å². The summed E-state index contributed by atoms with van der Waals surface area (Å²) in [5, 5.41) is 0. The van der Waals surface area contributed by atoms with Crippen molar-refractivity contribution in [2.75, 3.05) is 20.8 Å². The van der Waals surface area contributed by atoms with E-state index >= 15 is 0 Å². The second-order valence-electron chi connectivity index (χ2n) is 12.3. The van der Waals surface area contributed by atoms with E-state index in [1.165, 1.54) is 71.3 Å². The van der Waals surface area contributed by atoms with Crippen LogP contribution in [0.4, 0.5) is 4.79 Å². The molecule has 0 bridgehead atoms. The van der Waals surface area contributed by atoms with E-state index in [0.717, 1.165) is 42.0 Å². The third kappa shape index (κ3) is 14.6. The van der Waals surface area contributed by atoms with Crippen LogP contribution in [0.5, 0.6) is 17.2 Å². The lowest BCUT2D eigenvalue weighted by atomic mass is 10.1. The molecule has 1 aromatic heterocycles. The zero-order chi connectivity index (χ0) is 34.4. The van der Waals surface area contributed by atoms with Crippen LogP contribution >= 0.6 is 0 Å². The summed E-state index contributed by atoms with van der Waals surface area (Å²) in [5.74, 6) is 1.13. The first-order valence-electron chi connectivity index (χ1n) is 17.9. The minimum atomic E-state index is -0.746. The number of nitrogens with zero attached hydrogens (tertiary/aromatic N) is 2. The standard InChI is InChI=1S/C40H57N2O6.HI/c1-5-7-8-9-10-11-12-13-14-15-16-21-29-47-37-26-25-33(30-38(37)46-4)32-48-40(44)42(31-34-22-19-20-28-41(34)27-6-2)39(43)35-23-17-18-24-36(35)45-3;/h17-20,22-26,28,30H,5-16,21,27,29,31-32H2,1-4H3;1H/q+1;/p-1. The Morgan fingerprint density at radius 3 is 1.98 bits per heavy atom. The second-order valence-corrected chi connectivity index (χ2v) is 12.3. The number of hydrogen-bond acceptors (Lipinski definition) is 6. The monoisotopic (exact) mass is 788 g/mol. The van der Waals surface area contributed by atoms with Gasteiger partial charge >= 0.3 is 6.09 Å². The SMILES string of the molecule is CCCCCCCCCCCCCCOc1ccc(COC(=O)N(Cc2cccc[n+]2CCC)C(=O)c2ccccc2OC)cc1OC.[I-]. The Morgan fingerprint density at radius 1 is 0.694 bits per heavy atom. The van der Waals surface area contributed by atoms with Gasteiger partial charge < -0.3 is 42.9 Å². The number of amides is 2. The average Bonchev–Trinajstić information content (AvgIpc) is 3.12. The van der Waals surface area contributed by atoms with Gasteiger partial charge in [-0.3, -0.25) is 4.79 Å². The topological polar surface area (TPSA) is 78.2 Å². The molecule has 49 heavy (non-hydrogen) atoms. The Labute approximate surface area is 311 Å². The van der Waals surface area contributed by atoms with Crippen molar-refractivity contribution in [1.29, 1.82) is 0 Å². The summed E-state index contributed by atoms with van der Waals surface area (Å²) in [7, 11) is 3.10. The van der Waals surface area contributed by atoms with Crippen LogP contribution in [0.1, 0.15) is 119 Å². The second kappa shape index (κ2) is 24.7. The van der Waals surface area contributed by atoms with Gasteiger partial charge in [-0.2, -0.15) is 0 Å². The van der Waals surface area contributed by atoms with E-state index in [-0.39, 0.29) is 42.7 Å². The van der Waals surface area contributed by atoms with Gasteiger partial charge in [0.05, 0.1) is 26.4 Å². The highest BCUT2D eigenvalue weighted by Gasteiger charge is 2.29. The summed E-state index contributed by atoms with van der Waals surface area (Å²) in [6.07, 6.45) is 17.7. The van der Waals surface area contributed by atoms with Crippen LogP contribution in [0, 0.1) is 0 Å². The molecule has 0 N–H and O–H groups in total. The highest BCUT2D eigenvalue weighted by molar-refractivity contribution is 6.04. The number of para-hydroxylation sites is 1. The lowest BCUT2D eigenvalue weighted by Crippen LogP contribution is -3.00. The minimum absolute atomic E-state index is 0. The lowest BCUT2D eigenvalue weighted by molar-refractivity contribution is -0.704. The van der Waals surface area contributed by atoms with Crippen LogP contribution in [0.3, 0.4) is 0 Å². The van der Waals surface area contributed by atoms with Crippen molar-refractivity contribution in [3.8, 4) is 17.2 Å². The molecule has 0 saturated heterocycles. The highest BCUT2D eigenvalue weighted by atomic mass is 127. The number of unbranched alkanes of at least 4 members (excludes halogenated alkanes) is 11. The van der Waals surface area contributed by atoms with Gasteiger partial charge in [0.1, 0.15) is 25.4 Å². The first-order chi connectivity index (χ1) is 23.5. The van der Waals surface area contributed by atoms with Crippen LogP contribution in [0.25, 0.3) is 0 Å². The molecule has 1 heterocycles. The van der Waals surface area contributed by atoms with Crippen molar-refractivity contribution in [3.63, 3.8) is 0 Å². The van der Waals surface area contributed by atoms with Gasteiger partial charge in [0.2, 0.25) is 5.69 Å². The smallest absolute Gasteiger partial charge is 0.417 e. The first-order valence-corrected chi connectivity index (χ1v) is 17.9. The fraction of sp³-hybridized carbons (Fsp3) is 0.525. The predicted octanol–water partition coefficient (Wildman–Crippen LogP) is 6.46. The molecule has 3 aromatic rings. The normalized spacial score (nSPS) is 10.6. The third-order valence-corrected chi connectivity index (χ3v) is 8.47. The Morgan fingerprint density at radius 2 is 1.33 bits per heavy atom. The number of benzene rings is 2. The largest absolute Gasteiger partial charge is 1.00 e. The van der Waals surface area contributed by atoms with Crippen molar-refractivity contribution in [3.05, 3.63) is 83.7 Å². The maximum atomic E-state index is 13.8. The van der Waals surface area contributed by atoms with Gasteiger partial charge in [0, 0.05) is 18.6 Å². The van der Waals surface area contributed by atoms with Gasteiger partial charge in [0.25, 0.3) is 5.91 Å². The zero-order valence-corrected chi connectivity index (χ0v) is 32.3. The van der Waals surface area contributed by atoms with E-state index in [4.69, 9.17) is 18.9 Å². The lowest BCUT2D eigenvalue weighted by Gasteiger charge is -2.21. The van der Waals surface area contributed by atoms with Crippen molar-refractivity contribution in [1.82, 2.24) is 4.90 Å². The molecule has 0 aliphatic heterocycles. The van der Waals surface area contributed by atoms with E-state index < -0.39 is 12.0 Å². The Kier molecular flexibility index (Phi) is 21.1. The first kappa shape index (κ1) is 41.8. The van der Waals surface area contributed by atoms with Crippen molar-refractivity contribution >= 4 is 12.0 Å². The van der Waals surface area contributed by atoms with Gasteiger partial charge in [-0.05, 0) is 36.2 Å². The van der Waals surface area contributed by atoms with Gasteiger partial charge in [-0.25, -0.2) is 14.3 Å². The molecule has 0 saturated carbocycles. The number of pyridine rings is 1. The summed E-state index contributed by atoms with van der Waals surface area (Å²) in [6, 6.07) is 18.1. The van der Waals surface area contributed by atoms with E-state index in [1.54, 1.807) is 31.4 Å². The molecule has 270 valence electrons. The number of carbonyl (C=O) groups excluding carboxylic acids is 2. The minimum Gasteiger partial charge on any atom is -1.00 e. The van der Waals surface area contributed by atoms with Gasteiger partial charge in [-0.15, -0.1) is 0 Å². The molecular weight excluding hydrogens is 731 g/mol. The average molecular weight is 789 g/mol. The van der Waals surface area contributed by atoms with Crippen molar-refractivity contribution in [2.45, 2.75) is 117 Å².